The maximum Gasteiger partial charge on any atom is 0.231 e. The SMILES string of the molecule is CCCCCCC1c2cc3c4c(C#CC(=C=C(C#CC(C)(C)O)C(C)(C)C)C(C)(C)C)c2OCOc2c1cc1c(c2C#CC(=C=C(C#CC(C)(C)O)C(C)(C)C)C(C)(C)C)OCOc2c(cc5c(c2C#CC(=C=C(C#CC(C)(C)O)C(C)(C)C)C(C)(C)C)OCOc2c(cc(c(c2C#CC(=C=C(C#CC(C)(C)O)C(C)(C)C)C(C)(C)C)OCO4)C3CCCCCC)C5CCCCCC)C1CCCCCC.C[C@H](Cl)[C@H](Cl)CO. The number of aliphatic hydroxyl groups is 5. The summed E-state index contributed by atoms with van der Waals surface area (Å²) in [5.41, 5.74) is 20.4. The third kappa shape index (κ3) is 35.2. The van der Waals surface area contributed by atoms with E-state index in [1.54, 1.807) is 62.3 Å². The highest BCUT2D eigenvalue weighted by Crippen LogP contribution is 2.60. The van der Waals surface area contributed by atoms with E-state index in [-0.39, 0.29) is 44.5 Å². The summed E-state index contributed by atoms with van der Waals surface area (Å²) in [7, 11) is 0. The van der Waals surface area contributed by atoms with Crippen LogP contribution in [0.1, 0.15) is 475 Å². The molecule has 0 unspecified atom stereocenters. The maximum atomic E-state index is 11.2. The number of hydrogen-bond donors (Lipinski definition) is 5. The fraction of sp³-hybridized carbons (Fsp3) is 0.606. The van der Waals surface area contributed by atoms with Gasteiger partial charge in [-0.25, -0.2) is 0 Å². The molecule has 4 aromatic rings. The Morgan fingerprint density at radius 3 is 0.544 bits per heavy atom. The molecule has 1 aliphatic carbocycles. The molecule has 0 spiro atoms. The van der Waals surface area contributed by atoms with E-state index in [4.69, 9.17) is 66.2 Å². The second-order valence-corrected chi connectivity index (χ2v) is 51.9. The van der Waals surface area contributed by atoms with Gasteiger partial charge in [-0.05, 0) is 112 Å². The van der Waals surface area contributed by atoms with Crippen LogP contribution in [0.5, 0.6) is 46.0 Å². The van der Waals surface area contributed by atoms with Crippen LogP contribution in [-0.2, 0) is 0 Å². The number of ether oxygens (including phenoxy) is 8. The summed E-state index contributed by atoms with van der Waals surface area (Å²) in [6, 6.07) is 9.61. The molecule has 4 heterocycles. The lowest BCUT2D eigenvalue weighted by Crippen LogP contribution is -2.25. The molecular formula is C132H176Cl2O13. The molecule has 4 aromatic carbocycles. The Labute approximate surface area is 898 Å². The van der Waals surface area contributed by atoms with Crippen molar-refractivity contribution in [3.05, 3.63) is 159 Å². The minimum Gasteiger partial charge on any atom is -0.456 e. The van der Waals surface area contributed by atoms with E-state index in [9.17, 15) is 20.4 Å². The van der Waals surface area contributed by atoms with E-state index < -0.39 is 89.4 Å². The third-order valence-corrected chi connectivity index (χ3v) is 27.0. The van der Waals surface area contributed by atoms with Gasteiger partial charge in [0.1, 0.15) is 90.7 Å². The molecule has 0 radical (unpaired) electrons. The molecule has 4 aliphatic heterocycles. The lowest BCUT2D eigenvalue weighted by atomic mass is 9.74. The van der Waals surface area contributed by atoms with Crippen molar-refractivity contribution in [2.45, 2.75) is 441 Å². The maximum absolute atomic E-state index is 11.2. The van der Waals surface area contributed by atoms with Crippen LogP contribution in [0.3, 0.4) is 0 Å². The Morgan fingerprint density at radius 2 is 0.422 bits per heavy atom. The quantitative estimate of drug-likeness (QED) is 0.0218. The van der Waals surface area contributed by atoms with Gasteiger partial charge in [-0.2, -0.15) is 0 Å². The minimum atomic E-state index is -1.29. The number of aliphatic hydroxyl groups excluding tert-OH is 1. The van der Waals surface area contributed by atoms with Crippen molar-refractivity contribution in [3.63, 3.8) is 0 Å². The molecular weight excluding hydrogens is 1860 g/mol. The summed E-state index contributed by atoms with van der Waals surface area (Å²) < 4.78 is 60.9. The summed E-state index contributed by atoms with van der Waals surface area (Å²) in [4.78, 5) is 0. The number of halogens is 2. The Hall–Kier alpha value is -9.78. The van der Waals surface area contributed by atoms with Crippen molar-refractivity contribution in [1.29, 1.82) is 0 Å². The first kappa shape index (κ1) is 122. The van der Waals surface area contributed by atoms with Crippen LogP contribution >= 0.6 is 23.2 Å². The van der Waals surface area contributed by atoms with Crippen molar-refractivity contribution < 1.29 is 63.4 Å². The normalized spacial score (nSPS) is 15.9. The predicted molar refractivity (Wildman–Crippen MR) is 606 cm³/mol. The van der Waals surface area contributed by atoms with Crippen LogP contribution < -0.4 is 37.9 Å². The second-order valence-electron chi connectivity index (χ2n) is 50.7. The molecule has 2 atom stereocenters. The Kier molecular flexibility index (Phi) is 42.4. The summed E-state index contributed by atoms with van der Waals surface area (Å²) in [6.45, 7) is 74.2. The number of hydrogen-bond acceptors (Lipinski definition) is 13. The van der Waals surface area contributed by atoms with E-state index in [1.807, 2.05) is 0 Å². The predicted octanol–water partition coefficient (Wildman–Crippen LogP) is 31.2. The highest BCUT2D eigenvalue weighted by Gasteiger charge is 2.43. The zero-order chi connectivity index (χ0) is 110. The molecule has 0 fully saturated rings. The summed E-state index contributed by atoms with van der Waals surface area (Å²) in [5, 5.41) is 52.8. The van der Waals surface area contributed by atoms with Crippen molar-refractivity contribution >= 4 is 23.2 Å². The van der Waals surface area contributed by atoms with Gasteiger partial charge in [0, 0.05) is 117 Å². The highest BCUT2D eigenvalue weighted by molar-refractivity contribution is 6.29. The average Bonchev–Trinajstić information content (AvgIpc) is 1.07. The van der Waals surface area contributed by atoms with Gasteiger partial charge in [0.2, 0.25) is 27.2 Å². The molecule has 0 amide bonds. The third-order valence-electron chi connectivity index (χ3n) is 26.1. The number of rotatable bonds is 22. The molecule has 0 saturated carbocycles. The topological polar surface area (TPSA) is 175 Å². The summed E-state index contributed by atoms with van der Waals surface area (Å²) in [6.07, 6.45) is 17.5. The summed E-state index contributed by atoms with van der Waals surface area (Å²) >= 11 is 10.9. The number of allylic oxidation sites excluding steroid dienone is 4. The van der Waals surface area contributed by atoms with Gasteiger partial charge in [0.15, 0.2) is 0 Å². The summed E-state index contributed by atoms with van der Waals surface area (Å²) in [5.74, 6) is 59.0. The van der Waals surface area contributed by atoms with Crippen LogP contribution in [0.4, 0.5) is 0 Å². The van der Waals surface area contributed by atoms with Gasteiger partial charge in [-0.1, -0.05) is 414 Å². The Bertz CT molecular complexity index is 5380. The largest absolute Gasteiger partial charge is 0.456 e. The standard InChI is InChI=1S/C128H168O12.C4H8Cl2O/c1-37-41-45-49-53-93-101-77-103-94(54-50-46-42-38-2)105-79-107-96(56-52-48-44-40-4)108-80-106-95(55-51-47-43-39-3)104-78-102(93)110-98(62-58-86(118(8,9)10)74-90(122(20,21)22)66-70-126(31,32)130)112(104)136-83-138-114(106)100(64-60-88(120(14,15)16)76-92(124(26,27)28)68-72-128(35,36)132)116(108)140-84-139-115(107)99(63-59-87(119(11,12)13)75-91(123(23,24)25)67-71-127(33,34)131)113(105)137-82-135-111(103)97(109(101)133-81-134-110)61-57-85(117(5,6)7)73-89(121(17,18)19)65-69-125(29,30)129;1-3(5)4(6)2-7/h77-80,93-96,129-132H,37-56,81-84H2,1-36H3;3-4,7H,2H2,1H3/t;3-,4+/m.0/s1. The first-order chi connectivity index (χ1) is 68.1. The molecule has 9 rings (SSSR count). The van der Waals surface area contributed by atoms with Gasteiger partial charge >= 0.3 is 0 Å². The molecule has 13 nitrogen and oxygen atoms in total. The van der Waals surface area contributed by atoms with Crippen LogP contribution in [0, 0.1) is 138 Å². The van der Waals surface area contributed by atoms with Crippen LogP contribution in [0.25, 0.3) is 0 Å². The second kappa shape index (κ2) is 50.9. The van der Waals surface area contributed by atoms with Crippen molar-refractivity contribution in [1.82, 2.24) is 0 Å². The highest BCUT2D eigenvalue weighted by atomic mass is 35.5. The lowest BCUT2D eigenvalue weighted by Gasteiger charge is -2.36. The molecule has 5 N–H and O–H groups in total. The van der Waals surface area contributed by atoms with Gasteiger partial charge < -0.3 is 63.4 Å². The minimum absolute atomic E-state index is 0.0494. The van der Waals surface area contributed by atoms with E-state index >= 15 is 0 Å². The van der Waals surface area contributed by atoms with Crippen molar-refractivity contribution in [2.75, 3.05) is 33.8 Å². The van der Waals surface area contributed by atoms with E-state index in [0.717, 1.165) is 147 Å². The van der Waals surface area contributed by atoms with Crippen LogP contribution in [0.15, 0.2) is 91.8 Å². The van der Waals surface area contributed by atoms with Crippen molar-refractivity contribution in [3.8, 4) is 141 Å². The molecule has 147 heavy (non-hydrogen) atoms. The van der Waals surface area contributed by atoms with Crippen LogP contribution in [0.2, 0.25) is 0 Å². The fourth-order valence-electron chi connectivity index (χ4n) is 17.4. The zero-order valence-corrected chi connectivity index (χ0v) is 98.2. The number of alkyl halides is 2. The smallest absolute Gasteiger partial charge is 0.231 e. The first-order valence-corrected chi connectivity index (χ1v) is 54.9. The van der Waals surface area contributed by atoms with Crippen molar-refractivity contribution in [2.24, 2.45) is 43.3 Å². The number of benzene rings is 4. The molecule has 0 saturated heterocycles. The Balaban J connectivity index is 0.00000363. The molecule has 796 valence electrons. The molecule has 0 aromatic heterocycles. The Morgan fingerprint density at radius 1 is 0.265 bits per heavy atom. The molecule has 15 heteroatoms. The van der Waals surface area contributed by atoms with E-state index in [2.05, 4.69) is 336 Å². The zero-order valence-electron chi connectivity index (χ0n) is 96.7. The van der Waals surface area contributed by atoms with E-state index in [1.165, 1.54) is 0 Å². The lowest BCUT2D eigenvalue weighted by molar-refractivity contribution is 0.0972. The van der Waals surface area contributed by atoms with Crippen LogP contribution in [-0.4, -0.2) is 92.5 Å². The van der Waals surface area contributed by atoms with Gasteiger partial charge in [0.05, 0.1) is 56.6 Å². The van der Waals surface area contributed by atoms with Gasteiger partial charge in [-0.3, -0.25) is 0 Å². The van der Waals surface area contributed by atoms with Gasteiger partial charge in [0.25, 0.3) is 0 Å². The fourth-order valence-corrected chi connectivity index (χ4v) is 17.5. The average molecular weight is 2040 g/mol. The first-order valence-electron chi connectivity index (χ1n) is 54.0. The van der Waals surface area contributed by atoms with Gasteiger partial charge in [-0.15, -0.1) is 23.2 Å². The number of unbranched alkanes of at least 4 members (excludes halogenated alkanes) is 12. The molecule has 8 bridgehead atoms. The van der Waals surface area contributed by atoms with E-state index in [0.29, 0.717) is 139 Å². The monoisotopic (exact) mass is 2040 g/mol. The molecule has 5 aliphatic rings.